The van der Waals surface area contributed by atoms with Crippen molar-refractivity contribution < 1.29 is 13.5 Å². The first-order valence-electron chi connectivity index (χ1n) is 4.27. The number of hydrogen-bond acceptors (Lipinski definition) is 2. The minimum absolute atomic E-state index is 0.146. The van der Waals surface area contributed by atoms with Crippen LogP contribution in [0.25, 0.3) is 0 Å². The Morgan fingerprint density at radius 2 is 1.93 bits per heavy atom. The number of rotatable bonds is 3. The molecular formula is C10H11F2NOS. The van der Waals surface area contributed by atoms with Gasteiger partial charge in [-0.15, -0.1) is 0 Å². The number of ether oxygens (including phenoxy) is 1. The van der Waals surface area contributed by atoms with Crippen LogP contribution in [0.2, 0.25) is 0 Å². The second-order valence-electron chi connectivity index (χ2n) is 3.55. The van der Waals surface area contributed by atoms with E-state index in [0.29, 0.717) is 0 Å². The highest BCUT2D eigenvalue weighted by atomic mass is 32.1. The Hall–Kier alpha value is -1.23. The molecule has 1 rings (SSSR count). The van der Waals surface area contributed by atoms with Crippen LogP contribution >= 0.6 is 12.2 Å². The van der Waals surface area contributed by atoms with Crippen LogP contribution in [0.4, 0.5) is 8.78 Å². The summed E-state index contributed by atoms with van der Waals surface area (Å²) >= 11 is 4.77. The SMILES string of the molecule is CC(C)(Oc1ccc(F)c(F)c1)C(N)=S. The van der Waals surface area contributed by atoms with Crippen molar-refractivity contribution in [1.82, 2.24) is 0 Å². The van der Waals surface area contributed by atoms with Gasteiger partial charge in [-0.25, -0.2) is 8.78 Å². The largest absolute Gasteiger partial charge is 0.481 e. The van der Waals surface area contributed by atoms with Crippen molar-refractivity contribution in [2.75, 3.05) is 0 Å². The zero-order chi connectivity index (χ0) is 11.6. The number of halogens is 2. The molecule has 0 aromatic heterocycles. The molecule has 0 aliphatic rings. The minimum Gasteiger partial charge on any atom is -0.481 e. The van der Waals surface area contributed by atoms with Crippen LogP contribution in [0.3, 0.4) is 0 Å². The lowest BCUT2D eigenvalue weighted by atomic mass is 10.1. The Labute approximate surface area is 92.0 Å². The lowest BCUT2D eigenvalue weighted by Gasteiger charge is -2.24. The van der Waals surface area contributed by atoms with Gasteiger partial charge in [-0.1, -0.05) is 12.2 Å². The Kier molecular flexibility index (Phi) is 3.24. The predicted molar refractivity (Wildman–Crippen MR) is 57.9 cm³/mol. The quantitative estimate of drug-likeness (QED) is 0.811. The van der Waals surface area contributed by atoms with E-state index in [4.69, 9.17) is 22.7 Å². The molecule has 0 heterocycles. The molecule has 0 spiro atoms. The Morgan fingerprint density at radius 1 is 1.33 bits per heavy atom. The summed E-state index contributed by atoms with van der Waals surface area (Å²) in [6.45, 7) is 3.30. The van der Waals surface area contributed by atoms with Gasteiger partial charge in [0.25, 0.3) is 0 Å². The van der Waals surface area contributed by atoms with E-state index in [1.165, 1.54) is 6.07 Å². The number of nitrogens with two attached hydrogens (primary N) is 1. The highest BCUT2D eigenvalue weighted by Gasteiger charge is 2.23. The van der Waals surface area contributed by atoms with Gasteiger partial charge in [-0.05, 0) is 26.0 Å². The van der Waals surface area contributed by atoms with Crippen LogP contribution in [0.15, 0.2) is 18.2 Å². The average molecular weight is 231 g/mol. The summed E-state index contributed by atoms with van der Waals surface area (Å²) in [4.78, 5) is 0.146. The third kappa shape index (κ3) is 2.86. The van der Waals surface area contributed by atoms with E-state index in [1.807, 2.05) is 0 Å². The zero-order valence-corrected chi connectivity index (χ0v) is 9.20. The van der Waals surface area contributed by atoms with Gasteiger partial charge in [0.15, 0.2) is 17.2 Å². The van der Waals surface area contributed by atoms with Gasteiger partial charge >= 0.3 is 0 Å². The molecule has 2 nitrogen and oxygen atoms in total. The minimum atomic E-state index is -0.966. The summed E-state index contributed by atoms with van der Waals surface area (Å²) in [5.74, 6) is -1.70. The molecule has 15 heavy (non-hydrogen) atoms. The van der Waals surface area contributed by atoms with Crippen LogP contribution in [0.1, 0.15) is 13.8 Å². The van der Waals surface area contributed by atoms with Gasteiger partial charge in [-0.3, -0.25) is 0 Å². The lowest BCUT2D eigenvalue weighted by molar-refractivity contribution is 0.182. The van der Waals surface area contributed by atoms with Crippen molar-refractivity contribution in [3.63, 3.8) is 0 Å². The van der Waals surface area contributed by atoms with Crippen LogP contribution in [0.5, 0.6) is 5.75 Å². The molecule has 1 aromatic rings. The molecule has 5 heteroatoms. The van der Waals surface area contributed by atoms with Gasteiger partial charge in [-0.2, -0.15) is 0 Å². The van der Waals surface area contributed by atoms with Crippen molar-refractivity contribution in [2.24, 2.45) is 5.73 Å². The summed E-state index contributed by atoms with van der Waals surface area (Å²) in [5, 5.41) is 0. The summed E-state index contributed by atoms with van der Waals surface area (Å²) in [6, 6.07) is 3.26. The molecule has 1 aromatic carbocycles. The highest BCUT2D eigenvalue weighted by molar-refractivity contribution is 7.80. The monoisotopic (exact) mass is 231 g/mol. The summed E-state index contributed by atoms with van der Waals surface area (Å²) in [7, 11) is 0. The Balaban J connectivity index is 2.91. The van der Waals surface area contributed by atoms with E-state index in [9.17, 15) is 8.78 Å². The fourth-order valence-corrected chi connectivity index (χ4v) is 0.927. The van der Waals surface area contributed by atoms with Crippen LogP contribution in [0, 0.1) is 11.6 Å². The molecule has 0 saturated heterocycles. The van der Waals surface area contributed by atoms with Crippen molar-refractivity contribution in [1.29, 1.82) is 0 Å². The molecule has 0 amide bonds. The third-order valence-electron chi connectivity index (χ3n) is 1.86. The maximum Gasteiger partial charge on any atom is 0.162 e. The average Bonchev–Trinajstić information content (AvgIpc) is 2.10. The molecule has 0 aliphatic heterocycles. The number of benzene rings is 1. The molecule has 0 radical (unpaired) electrons. The molecule has 0 atom stereocenters. The first kappa shape index (κ1) is 11.8. The zero-order valence-electron chi connectivity index (χ0n) is 8.38. The standard InChI is InChI=1S/C10H11F2NOS/c1-10(2,9(13)15)14-6-3-4-7(11)8(12)5-6/h3-5H,1-2H3,(H2,13,15). The second-order valence-corrected chi connectivity index (χ2v) is 3.99. The first-order valence-corrected chi connectivity index (χ1v) is 4.68. The molecular weight excluding hydrogens is 220 g/mol. The van der Waals surface area contributed by atoms with Crippen molar-refractivity contribution in [3.8, 4) is 5.75 Å². The maximum atomic E-state index is 12.8. The van der Waals surface area contributed by atoms with Crippen molar-refractivity contribution in [2.45, 2.75) is 19.4 Å². The van der Waals surface area contributed by atoms with E-state index in [0.717, 1.165) is 12.1 Å². The van der Waals surface area contributed by atoms with Gasteiger partial charge in [0.2, 0.25) is 0 Å². The molecule has 2 N–H and O–H groups in total. The molecule has 0 unspecified atom stereocenters. The first-order chi connectivity index (χ1) is 6.83. The van der Waals surface area contributed by atoms with Gasteiger partial charge in [0.05, 0.1) is 0 Å². The fourth-order valence-electron chi connectivity index (χ4n) is 0.885. The van der Waals surface area contributed by atoms with Crippen molar-refractivity contribution >= 4 is 17.2 Å². The normalized spacial score (nSPS) is 11.2. The maximum absolute atomic E-state index is 12.8. The summed E-state index contributed by atoms with van der Waals surface area (Å²) < 4.78 is 30.8. The van der Waals surface area contributed by atoms with E-state index in [-0.39, 0.29) is 10.7 Å². The van der Waals surface area contributed by atoms with Crippen molar-refractivity contribution in [3.05, 3.63) is 29.8 Å². The lowest BCUT2D eigenvalue weighted by Crippen LogP contribution is -2.42. The topological polar surface area (TPSA) is 35.2 Å². The molecule has 0 fully saturated rings. The van der Waals surface area contributed by atoms with E-state index in [1.54, 1.807) is 13.8 Å². The number of thiocarbonyl (C=S) groups is 1. The van der Waals surface area contributed by atoms with Crippen LogP contribution < -0.4 is 10.5 Å². The highest BCUT2D eigenvalue weighted by Crippen LogP contribution is 2.20. The third-order valence-corrected chi connectivity index (χ3v) is 2.35. The van der Waals surface area contributed by atoms with E-state index >= 15 is 0 Å². The Bertz CT molecular complexity index is 393. The Morgan fingerprint density at radius 3 is 2.40 bits per heavy atom. The van der Waals surface area contributed by atoms with Gasteiger partial charge in [0.1, 0.15) is 10.7 Å². The van der Waals surface area contributed by atoms with Gasteiger partial charge in [0, 0.05) is 6.07 Å². The smallest absolute Gasteiger partial charge is 0.162 e. The van der Waals surface area contributed by atoms with Crippen LogP contribution in [-0.4, -0.2) is 10.6 Å². The molecule has 0 bridgehead atoms. The molecule has 82 valence electrons. The second kappa shape index (κ2) is 4.10. The van der Waals surface area contributed by atoms with Gasteiger partial charge < -0.3 is 10.5 Å². The molecule has 0 aliphatic carbocycles. The summed E-state index contributed by atoms with van der Waals surface area (Å²) in [6.07, 6.45) is 0. The summed E-state index contributed by atoms with van der Waals surface area (Å²) in [5.41, 5.74) is 4.54. The van der Waals surface area contributed by atoms with E-state index in [2.05, 4.69) is 0 Å². The number of hydrogen-bond donors (Lipinski definition) is 1. The molecule has 0 saturated carbocycles. The fraction of sp³-hybridized carbons (Fsp3) is 0.300. The predicted octanol–water partition coefficient (Wildman–Crippen LogP) is 2.41. The van der Waals surface area contributed by atoms with E-state index < -0.39 is 17.2 Å². The van der Waals surface area contributed by atoms with Crippen LogP contribution in [-0.2, 0) is 0 Å².